The first-order chi connectivity index (χ1) is 16.7. The minimum absolute atomic E-state index is 0.262. The molecule has 1 aliphatic heterocycles. The molecule has 0 saturated carbocycles. The molecule has 0 unspecified atom stereocenters. The van der Waals surface area contributed by atoms with Gasteiger partial charge in [0.15, 0.2) is 0 Å². The number of benzene rings is 2. The van der Waals surface area contributed by atoms with E-state index in [4.69, 9.17) is 0 Å². The number of anilines is 1. The van der Waals surface area contributed by atoms with Crippen LogP contribution in [-0.4, -0.2) is 46.5 Å². The van der Waals surface area contributed by atoms with Gasteiger partial charge in [0, 0.05) is 50.5 Å². The number of aryl methyl sites for hydroxylation is 1. The third-order valence-electron chi connectivity index (χ3n) is 6.31. The number of rotatable bonds is 3. The molecule has 0 aliphatic carbocycles. The van der Waals surface area contributed by atoms with Crippen molar-refractivity contribution in [3.8, 4) is 11.4 Å². The second kappa shape index (κ2) is 8.72. The molecule has 0 N–H and O–H groups in total. The van der Waals surface area contributed by atoms with Crippen LogP contribution in [0.2, 0.25) is 0 Å². The fourth-order valence-corrected chi connectivity index (χ4v) is 4.45. The predicted octanol–water partition coefficient (Wildman–Crippen LogP) is 5.36. The van der Waals surface area contributed by atoms with Gasteiger partial charge in [0.1, 0.15) is 5.82 Å². The second-order valence-electron chi connectivity index (χ2n) is 8.55. The third kappa shape index (κ3) is 4.45. The Morgan fingerprint density at radius 1 is 0.943 bits per heavy atom. The van der Waals surface area contributed by atoms with E-state index in [0.717, 1.165) is 17.8 Å². The van der Waals surface area contributed by atoms with Crippen LogP contribution in [-0.2, 0) is 13.2 Å². The average Bonchev–Trinajstić information content (AvgIpc) is 3.28. The lowest BCUT2D eigenvalue weighted by Gasteiger charge is -2.36. The zero-order chi connectivity index (χ0) is 24.7. The lowest BCUT2D eigenvalue weighted by Crippen LogP contribution is -2.48. The van der Waals surface area contributed by atoms with Crippen LogP contribution in [0.3, 0.4) is 0 Å². The Bertz CT molecular complexity index is 1400. The molecule has 0 bridgehead atoms. The van der Waals surface area contributed by atoms with E-state index in [1.54, 1.807) is 23.1 Å². The van der Waals surface area contributed by atoms with E-state index in [1.165, 1.54) is 18.2 Å². The predicted molar refractivity (Wildman–Crippen MR) is 126 cm³/mol. The van der Waals surface area contributed by atoms with E-state index >= 15 is 0 Å². The molecule has 1 aliphatic rings. The molecule has 5 rings (SSSR count). The molecule has 0 radical (unpaired) electrons. The first-order valence-electron chi connectivity index (χ1n) is 11.1. The number of fused-ring (bicyclic) bond motifs is 1. The number of carbonyl (C=O) groups excluding carboxylic acids is 1. The van der Waals surface area contributed by atoms with Crippen molar-refractivity contribution in [1.29, 1.82) is 0 Å². The monoisotopic (exact) mass is 482 g/mol. The number of alkyl halides is 3. The van der Waals surface area contributed by atoms with Crippen LogP contribution in [0, 0.1) is 5.82 Å². The molecule has 2 aromatic carbocycles. The highest BCUT2D eigenvalue weighted by atomic mass is 19.4. The molecule has 0 spiro atoms. The number of piperazine rings is 1. The summed E-state index contributed by atoms with van der Waals surface area (Å²) < 4.78 is 55.3. The van der Waals surface area contributed by atoms with E-state index < -0.39 is 17.6 Å². The number of amides is 1. The lowest BCUT2D eigenvalue weighted by molar-refractivity contribution is -0.137. The van der Waals surface area contributed by atoms with Crippen LogP contribution < -0.4 is 4.90 Å². The van der Waals surface area contributed by atoms with Crippen LogP contribution in [0.25, 0.3) is 22.3 Å². The van der Waals surface area contributed by atoms with Gasteiger partial charge in [-0.2, -0.15) is 13.2 Å². The molecule has 9 heteroatoms. The SMILES string of the molecule is Cn1cccc1-c1cc(C(=O)N2CCN(c3cccc(C(F)(F)F)c3)CC2)c2cc(F)ccc2n1. The van der Waals surface area contributed by atoms with Crippen LogP contribution in [0.1, 0.15) is 15.9 Å². The summed E-state index contributed by atoms with van der Waals surface area (Å²) in [7, 11) is 1.88. The van der Waals surface area contributed by atoms with E-state index in [-0.39, 0.29) is 5.91 Å². The second-order valence-corrected chi connectivity index (χ2v) is 8.55. The first-order valence-corrected chi connectivity index (χ1v) is 11.1. The molecular weight excluding hydrogens is 460 g/mol. The average molecular weight is 482 g/mol. The molecule has 2 aromatic heterocycles. The summed E-state index contributed by atoms with van der Waals surface area (Å²) in [5, 5.41) is 0.424. The normalized spacial score (nSPS) is 14.5. The highest BCUT2D eigenvalue weighted by Crippen LogP contribution is 2.32. The Balaban J connectivity index is 1.42. The summed E-state index contributed by atoms with van der Waals surface area (Å²) in [6.07, 6.45) is -2.54. The van der Waals surface area contributed by atoms with Crippen molar-refractivity contribution >= 4 is 22.5 Å². The van der Waals surface area contributed by atoms with Crippen molar-refractivity contribution in [2.24, 2.45) is 7.05 Å². The van der Waals surface area contributed by atoms with Crippen molar-refractivity contribution in [2.75, 3.05) is 31.1 Å². The summed E-state index contributed by atoms with van der Waals surface area (Å²) in [6.45, 7) is 1.42. The summed E-state index contributed by atoms with van der Waals surface area (Å²) in [5.41, 5.74) is 2.04. The number of carbonyl (C=O) groups is 1. The van der Waals surface area contributed by atoms with Gasteiger partial charge >= 0.3 is 6.18 Å². The van der Waals surface area contributed by atoms with Crippen molar-refractivity contribution in [3.05, 3.63) is 83.8 Å². The van der Waals surface area contributed by atoms with Crippen molar-refractivity contribution in [2.45, 2.75) is 6.18 Å². The minimum atomic E-state index is -4.42. The smallest absolute Gasteiger partial charge is 0.368 e. The van der Waals surface area contributed by atoms with Gasteiger partial charge in [-0.05, 0) is 54.6 Å². The maximum absolute atomic E-state index is 14.1. The third-order valence-corrected chi connectivity index (χ3v) is 6.31. The number of pyridine rings is 1. The number of hydrogen-bond donors (Lipinski definition) is 0. The fraction of sp³-hybridized carbons (Fsp3) is 0.231. The Kier molecular flexibility index (Phi) is 5.70. The highest BCUT2D eigenvalue weighted by molar-refractivity contribution is 6.07. The molecule has 1 amide bonds. The van der Waals surface area contributed by atoms with Crippen LogP contribution >= 0.6 is 0 Å². The van der Waals surface area contributed by atoms with Gasteiger partial charge < -0.3 is 14.4 Å². The number of hydrogen-bond acceptors (Lipinski definition) is 3. The maximum atomic E-state index is 14.1. The summed E-state index contributed by atoms with van der Waals surface area (Å²) >= 11 is 0. The van der Waals surface area contributed by atoms with E-state index in [9.17, 15) is 22.4 Å². The van der Waals surface area contributed by atoms with Gasteiger partial charge in [0.2, 0.25) is 0 Å². The van der Waals surface area contributed by atoms with Crippen LogP contribution in [0.5, 0.6) is 0 Å². The Hall–Kier alpha value is -3.88. The van der Waals surface area contributed by atoms with Gasteiger partial charge in [0.05, 0.1) is 28.0 Å². The number of halogens is 4. The van der Waals surface area contributed by atoms with Gasteiger partial charge in [-0.3, -0.25) is 4.79 Å². The zero-order valence-electron chi connectivity index (χ0n) is 18.9. The van der Waals surface area contributed by atoms with E-state index in [1.807, 2.05) is 34.8 Å². The molecule has 5 nitrogen and oxygen atoms in total. The van der Waals surface area contributed by atoms with Gasteiger partial charge in [-0.15, -0.1) is 0 Å². The molecule has 180 valence electrons. The Morgan fingerprint density at radius 3 is 2.40 bits per heavy atom. The Morgan fingerprint density at radius 2 is 1.71 bits per heavy atom. The zero-order valence-corrected chi connectivity index (χ0v) is 18.9. The van der Waals surface area contributed by atoms with E-state index in [2.05, 4.69) is 4.98 Å². The van der Waals surface area contributed by atoms with Gasteiger partial charge in [-0.25, -0.2) is 9.37 Å². The maximum Gasteiger partial charge on any atom is 0.416 e. The molecular formula is C26H22F4N4O. The molecule has 1 saturated heterocycles. The van der Waals surface area contributed by atoms with Crippen LogP contribution in [0.4, 0.5) is 23.2 Å². The van der Waals surface area contributed by atoms with Crippen molar-refractivity contribution in [1.82, 2.24) is 14.5 Å². The van der Waals surface area contributed by atoms with E-state index in [0.29, 0.717) is 54.0 Å². The highest BCUT2D eigenvalue weighted by Gasteiger charge is 2.31. The van der Waals surface area contributed by atoms with Crippen LogP contribution in [0.15, 0.2) is 66.9 Å². The molecule has 1 fully saturated rings. The topological polar surface area (TPSA) is 41.4 Å². The molecule has 35 heavy (non-hydrogen) atoms. The molecule has 3 heterocycles. The summed E-state index contributed by atoms with van der Waals surface area (Å²) in [4.78, 5) is 21.7. The fourth-order valence-electron chi connectivity index (χ4n) is 4.45. The quantitative estimate of drug-likeness (QED) is 0.369. The molecule has 4 aromatic rings. The van der Waals surface area contributed by atoms with Gasteiger partial charge in [0.25, 0.3) is 5.91 Å². The Labute approximate surface area is 199 Å². The number of nitrogens with zero attached hydrogens (tertiary/aromatic N) is 4. The number of aromatic nitrogens is 2. The largest absolute Gasteiger partial charge is 0.416 e. The molecule has 0 atom stereocenters. The minimum Gasteiger partial charge on any atom is -0.368 e. The lowest BCUT2D eigenvalue weighted by atomic mass is 10.0. The first kappa shape index (κ1) is 22.9. The van der Waals surface area contributed by atoms with Crippen molar-refractivity contribution < 1.29 is 22.4 Å². The van der Waals surface area contributed by atoms with Gasteiger partial charge in [-0.1, -0.05) is 6.07 Å². The summed E-state index contributed by atoms with van der Waals surface area (Å²) in [6, 6.07) is 14.8. The summed E-state index contributed by atoms with van der Waals surface area (Å²) in [5.74, 6) is -0.725. The van der Waals surface area contributed by atoms with Crippen molar-refractivity contribution in [3.63, 3.8) is 0 Å². The standard InChI is InChI=1S/C26H22F4N4O/c1-32-9-3-6-24(32)23-16-21(20-15-18(27)7-8-22(20)31-23)25(35)34-12-10-33(11-13-34)19-5-2-4-17(14-19)26(28,29)30/h2-9,14-16H,10-13H2,1H3.